The molecule has 0 amide bonds. The molecule has 1 aromatic carbocycles. The third-order valence-electron chi connectivity index (χ3n) is 2.17. The molecule has 0 radical (unpaired) electrons. The number of hydrogen-bond donors (Lipinski definition) is 1. The molecule has 0 unspecified atom stereocenters. The van der Waals surface area contributed by atoms with E-state index in [1.807, 2.05) is 0 Å². The van der Waals surface area contributed by atoms with Crippen molar-refractivity contribution in [2.24, 2.45) is 0 Å². The number of nitrogens with zero attached hydrogens (tertiary/aromatic N) is 4. The van der Waals surface area contributed by atoms with Gasteiger partial charge >= 0.3 is 0 Å². The van der Waals surface area contributed by atoms with Gasteiger partial charge in [-0.1, -0.05) is 23.2 Å². The molecule has 0 spiro atoms. The molecule has 0 saturated heterocycles. The second-order valence-electron chi connectivity index (χ2n) is 3.35. The Morgan fingerprint density at radius 2 is 1.86 bits per heavy atom. The largest absolute Gasteiger partial charge is 0.339 e. The van der Waals surface area contributed by atoms with Crippen molar-refractivity contribution in [1.29, 1.82) is 15.8 Å². The average Bonchev–Trinajstić information content (AvgIpc) is 2.46. The van der Waals surface area contributed by atoms with Crippen LogP contribution in [0.25, 0.3) is 0 Å². The molecule has 1 aromatic rings. The van der Waals surface area contributed by atoms with E-state index in [9.17, 15) is 10.1 Å². The van der Waals surface area contributed by atoms with E-state index < -0.39 is 21.9 Å². The summed E-state index contributed by atoms with van der Waals surface area (Å²) in [4.78, 5) is 10.3. The minimum Gasteiger partial charge on any atom is -0.339 e. The Labute approximate surface area is 136 Å². The van der Waals surface area contributed by atoms with Crippen molar-refractivity contribution in [1.82, 2.24) is 0 Å². The maximum atomic E-state index is 11.0. The lowest BCUT2D eigenvalue weighted by atomic mass is 10.2. The van der Waals surface area contributed by atoms with Crippen LogP contribution in [-0.4, -0.2) is 4.92 Å². The van der Waals surface area contributed by atoms with Gasteiger partial charge in [0.2, 0.25) is 0 Å². The molecule has 0 aromatic heterocycles. The first-order chi connectivity index (χ1) is 9.87. The van der Waals surface area contributed by atoms with Crippen molar-refractivity contribution in [3.05, 3.63) is 42.0 Å². The molecule has 1 rings (SSSR count). The summed E-state index contributed by atoms with van der Waals surface area (Å²) in [5.74, 6) is 0. The van der Waals surface area contributed by atoms with Crippen LogP contribution in [0.2, 0.25) is 10.0 Å². The van der Waals surface area contributed by atoms with Crippen molar-refractivity contribution < 1.29 is 4.92 Å². The highest BCUT2D eigenvalue weighted by atomic mass is 79.9. The van der Waals surface area contributed by atoms with E-state index in [0.717, 1.165) is 6.07 Å². The number of nitro groups is 1. The van der Waals surface area contributed by atoms with Crippen LogP contribution >= 0.6 is 39.1 Å². The summed E-state index contributed by atoms with van der Waals surface area (Å²) in [6.07, 6.45) is 0. The highest BCUT2D eigenvalue weighted by Crippen LogP contribution is 2.43. The highest BCUT2D eigenvalue weighted by Gasteiger charge is 2.23. The quantitative estimate of drug-likeness (QED) is 0.363. The zero-order valence-electron chi connectivity index (χ0n) is 9.82. The van der Waals surface area contributed by atoms with E-state index in [0.29, 0.717) is 0 Å². The Hall–Kier alpha value is -2.31. The molecular weight excluding hydrogens is 385 g/mol. The van der Waals surface area contributed by atoms with Gasteiger partial charge in [0.1, 0.15) is 29.6 Å². The molecule has 1 N–H and O–H groups in total. The van der Waals surface area contributed by atoms with Crippen LogP contribution in [0.1, 0.15) is 0 Å². The van der Waals surface area contributed by atoms with E-state index in [-0.39, 0.29) is 20.2 Å². The lowest BCUT2D eigenvalue weighted by molar-refractivity contribution is -0.384. The number of rotatable bonds is 3. The normalized spacial score (nSPS) is 8.95. The molecule has 21 heavy (non-hydrogen) atoms. The lowest BCUT2D eigenvalue weighted by Crippen LogP contribution is -2.05. The summed E-state index contributed by atoms with van der Waals surface area (Å²) in [5, 5.41) is 39.7. The first-order valence-corrected chi connectivity index (χ1v) is 6.45. The van der Waals surface area contributed by atoms with Crippen molar-refractivity contribution in [3.63, 3.8) is 0 Å². The van der Waals surface area contributed by atoms with Crippen LogP contribution in [0.15, 0.2) is 21.8 Å². The van der Waals surface area contributed by atoms with Crippen LogP contribution < -0.4 is 5.32 Å². The first-order valence-electron chi connectivity index (χ1n) is 4.90. The van der Waals surface area contributed by atoms with Gasteiger partial charge in [-0.3, -0.25) is 10.1 Å². The van der Waals surface area contributed by atoms with Gasteiger partial charge in [0, 0.05) is 6.07 Å². The number of nitriles is 3. The summed E-state index contributed by atoms with van der Waals surface area (Å²) in [5.41, 5.74) is -1.62. The molecule has 0 bridgehead atoms. The number of hydrogen-bond acceptors (Lipinski definition) is 6. The van der Waals surface area contributed by atoms with Gasteiger partial charge in [0.05, 0.1) is 19.4 Å². The summed E-state index contributed by atoms with van der Waals surface area (Å²) in [6, 6.07) is 5.59. The Bertz CT molecular complexity index is 770. The number of nitro benzene ring substituents is 1. The van der Waals surface area contributed by atoms with Gasteiger partial charge in [0.25, 0.3) is 5.69 Å². The second kappa shape index (κ2) is 6.92. The Balaban J connectivity index is 3.60. The van der Waals surface area contributed by atoms with Crippen LogP contribution in [-0.2, 0) is 0 Å². The molecule has 0 saturated carbocycles. The van der Waals surface area contributed by atoms with E-state index in [1.165, 1.54) is 12.1 Å². The van der Waals surface area contributed by atoms with Crippen LogP contribution in [0.4, 0.5) is 11.4 Å². The average molecular weight is 387 g/mol. The van der Waals surface area contributed by atoms with Crippen molar-refractivity contribution in [2.45, 2.75) is 0 Å². The zero-order valence-corrected chi connectivity index (χ0v) is 12.9. The minimum absolute atomic E-state index is 0.0162. The van der Waals surface area contributed by atoms with Crippen molar-refractivity contribution in [2.75, 3.05) is 5.32 Å². The zero-order chi connectivity index (χ0) is 16.2. The van der Waals surface area contributed by atoms with E-state index in [1.54, 1.807) is 6.07 Å². The summed E-state index contributed by atoms with van der Waals surface area (Å²) in [6.45, 7) is 0. The standard InChI is InChI=1S/C11H2BrCl2N5O2/c12-9-10(14)6(13)1-8(19(20)21)11(9)18-7(4-17)5(2-15)3-16/h1,18H. The SMILES string of the molecule is N#CC(C#N)=C(C#N)Nc1c([N+](=O)[O-])cc(Cl)c(Cl)c1Br. The van der Waals surface area contributed by atoms with Gasteiger partial charge in [-0.25, -0.2) is 0 Å². The third-order valence-corrected chi connectivity index (χ3v) is 3.98. The summed E-state index contributed by atoms with van der Waals surface area (Å²) in [7, 11) is 0. The van der Waals surface area contributed by atoms with Crippen LogP contribution in [0.5, 0.6) is 0 Å². The molecule has 0 aliphatic carbocycles. The van der Waals surface area contributed by atoms with Crippen LogP contribution in [0, 0.1) is 44.1 Å². The van der Waals surface area contributed by atoms with Crippen molar-refractivity contribution >= 4 is 50.5 Å². The third kappa shape index (κ3) is 3.42. The number of allylic oxidation sites excluding steroid dienone is 2. The molecule has 0 atom stereocenters. The van der Waals surface area contributed by atoms with Gasteiger partial charge in [0.15, 0.2) is 5.57 Å². The number of nitrogens with one attached hydrogen (secondary N) is 1. The topological polar surface area (TPSA) is 127 Å². The number of benzene rings is 1. The maximum Gasteiger partial charge on any atom is 0.295 e. The molecule has 7 nitrogen and oxygen atoms in total. The fourth-order valence-electron chi connectivity index (χ4n) is 1.25. The second-order valence-corrected chi connectivity index (χ2v) is 4.93. The molecule has 10 heteroatoms. The van der Waals surface area contributed by atoms with Crippen LogP contribution in [0.3, 0.4) is 0 Å². The smallest absolute Gasteiger partial charge is 0.295 e. The predicted molar refractivity (Wildman–Crippen MR) is 78.3 cm³/mol. The van der Waals surface area contributed by atoms with E-state index >= 15 is 0 Å². The molecule has 0 heterocycles. The first kappa shape index (κ1) is 16.7. The summed E-state index contributed by atoms with van der Waals surface area (Å²) >= 11 is 14.6. The molecule has 104 valence electrons. The monoisotopic (exact) mass is 385 g/mol. The molecule has 0 fully saturated rings. The van der Waals surface area contributed by atoms with Gasteiger partial charge in [-0.05, 0) is 15.9 Å². The van der Waals surface area contributed by atoms with Crippen molar-refractivity contribution in [3.8, 4) is 18.2 Å². The Morgan fingerprint density at radius 1 is 1.29 bits per heavy atom. The van der Waals surface area contributed by atoms with Gasteiger partial charge in [-0.15, -0.1) is 0 Å². The maximum absolute atomic E-state index is 11.0. The summed E-state index contributed by atoms with van der Waals surface area (Å²) < 4.78 is 0.0337. The molecule has 0 aliphatic rings. The number of halogens is 3. The fourth-order valence-corrected chi connectivity index (χ4v) is 2.23. The van der Waals surface area contributed by atoms with E-state index in [4.69, 9.17) is 39.0 Å². The van der Waals surface area contributed by atoms with Gasteiger partial charge < -0.3 is 5.32 Å². The Morgan fingerprint density at radius 3 is 2.29 bits per heavy atom. The molecular formula is C11H2BrCl2N5O2. The lowest BCUT2D eigenvalue weighted by Gasteiger charge is -2.10. The Kier molecular flexibility index (Phi) is 5.52. The predicted octanol–water partition coefficient (Wildman–Crippen LogP) is 3.90. The minimum atomic E-state index is -0.747. The number of anilines is 1. The van der Waals surface area contributed by atoms with Gasteiger partial charge in [-0.2, -0.15) is 15.8 Å². The highest BCUT2D eigenvalue weighted by molar-refractivity contribution is 9.10. The molecule has 0 aliphatic heterocycles. The van der Waals surface area contributed by atoms with E-state index in [2.05, 4.69) is 21.2 Å². The fraction of sp³-hybridized carbons (Fsp3) is 0.